The zero-order valence-electron chi connectivity index (χ0n) is 15.9. The van der Waals surface area contributed by atoms with Gasteiger partial charge in [-0.25, -0.2) is 4.79 Å². The number of aromatic amines is 1. The van der Waals surface area contributed by atoms with Crippen LogP contribution in [0.15, 0.2) is 30.5 Å². The Kier molecular flexibility index (Phi) is 5.44. The van der Waals surface area contributed by atoms with E-state index in [0.29, 0.717) is 56.3 Å². The van der Waals surface area contributed by atoms with Gasteiger partial charge in [0.1, 0.15) is 0 Å². The fourth-order valence-electron chi connectivity index (χ4n) is 3.32. The van der Waals surface area contributed by atoms with Crippen molar-refractivity contribution in [2.75, 3.05) is 31.5 Å². The average molecular weight is 406 g/mol. The molecule has 0 aliphatic carbocycles. The number of anilines is 1. The van der Waals surface area contributed by atoms with Crippen molar-refractivity contribution in [1.82, 2.24) is 40.2 Å². The lowest BCUT2D eigenvalue weighted by Gasteiger charge is -2.34. The molecule has 30 heavy (non-hydrogen) atoms. The third-order valence-electron chi connectivity index (χ3n) is 4.85. The molecule has 2 amide bonds. The Morgan fingerprint density at radius 1 is 1.27 bits per heavy atom. The average Bonchev–Trinajstić information content (AvgIpc) is 3.47. The van der Waals surface area contributed by atoms with Crippen LogP contribution < -0.4 is 5.32 Å². The number of carbonyl (C=O) groups is 2. The molecular formula is C18H18N10O2. The van der Waals surface area contributed by atoms with E-state index in [4.69, 9.17) is 0 Å². The number of aromatic nitrogens is 6. The molecule has 12 nitrogen and oxygen atoms in total. The molecule has 0 spiro atoms. The quantitative estimate of drug-likeness (QED) is 0.574. The van der Waals surface area contributed by atoms with Crippen LogP contribution in [-0.2, 0) is 11.3 Å². The lowest BCUT2D eigenvalue weighted by atomic mass is 10.0. The van der Waals surface area contributed by atoms with Crippen molar-refractivity contribution < 1.29 is 9.59 Å². The number of benzene rings is 1. The normalized spacial score (nSPS) is 14.3. The monoisotopic (exact) mass is 406 g/mol. The highest BCUT2D eigenvalue weighted by Gasteiger charge is 2.24. The number of H-pyrrole nitrogens is 1. The van der Waals surface area contributed by atoms with Crippen LogP contribution >= 0.6 is 0 Å². The van der Waals surface area contributed by atoms with Crippen LogP contribution in [0.4, 0.5) is 10.6 Å². The molecule has 1 saturated heterocycles. The molecule has 2 N–H and O–H groups in total. The van der Waals surface area contributed by atoms with Crippen molar-refractivity contribution >= 4 is 18.3 Å². The largest absolute Gasteiger partial charge is 0.344 e. The highest BCUT2D eigenvalue weighted by atomic mass is 16.2. The lowest BCUT2D eigenvalue weighted by Crippen LogP contribution is -2.49. The van der Waals surface area contributed by atoms with Gasteiger partial charge in [0.15, 0.2) is 5.82 Å². The number of nitrogens with zero attached hydrogens (tertiary/aromatic N) is 8. The molecule has 3 heterocycles. The van der Waals surface area contributed by atoms with Gasteiger partial charge in [-0.3, -0.25) is 9.69 Å². The van der Waals surface area contributed by atoms with Crippen molar-refractivity contribution in [1.29, 1.82) is 5.26 Å². The van der Waals surface area contributed by atoms with E-state index < -0.39 is 0 Å². The second-order valence-corrected chi connectivity index (χ2v) is 6.67. The number of nitrogens with one attached hydrogen (secondary N) is 2. The Hall–Kier alpha value is -4.11. The van der Waals surface area contributed by atoms with Gasteiger partial charge in [0.25, 0.3) is 0 Å². The predicted molar refractivity (Wildman–Crippen MR) is 104 cm³/mol. The van der Waals surface area contributed by atoms with Gasteiger partial charge in [-0.15, -0.1) is 15.3 Å². The minimum atomic E-state index is -0.237. The number of nitriles is 1. The minimum Gasteiger partial charge on any atom is -0.320 e. The number of carbonyl (C=O) groups excluding carboxylic acids is 2. The zero-order valence-corrected chi connectivity index (χ0v) is 15.9. The summed E-state index contributed by atoms with van der Waals surface area (Å²) < 4.78 is 1.22. The first-order valence-electron chi connectivity index (χ1n) is 9.22. The highest BCUT2D eigenvalue weighted by molar-refractivity contribution is 5.77. The number of rotatable bonds is 5. The Morgan fingerprint density at radius 3 is 2.80 bits per heavy atom. The van der Waals surface area contributed by atoms with Gasteiger partial charge in [0.2, 0.25) is 12.2 Å². The molecule has 0 saturated carbocycles. The van der Waals surface area contributed by atoms with E-state index in [0.717, 1.165) is 11.1 Å². The summed E-state index contributed by atoms with van der Waals surface area (Å²) in [4.78, 5) is 27.0. The van der Waals surface area contributed by atoms with Crippen LogP contribution in [0.3, 0.4) is 0 Å². The summed E-state index contributed by atoms with van der Waals surface area (Å²) in [5.74, 6) is 0.765. The summed E-state index contributed by atoms with van der Waals surface area (Å²) in [5.41, 5.74) is 2.26. The molecule has 0 bridgehead atoms. The summed E-state index contributed by atoms with van der Waals surface area (Å²) in [6, 6.07) is 8.87. The molecule has 0 unspecified atom stereocenters. The summed E-state index contributed by atoms with van der Waals surface area (Å²) in [7, 11) is 0. The van der Waals surface area contributed by atoms with E-state index in [9.17, 15) is 14.9 Å². The van der Waals surface area contributed by atoms with E-state index in [1.165, 1.54) is 10.9 Å². The van der Waals surface area contributed by atoms with Crippen LogP contribution in [0.2, 0.25) is 0 Å². The highest BCUT2D eigenvalue weighted by Crippen LogP contribution is 2.23. The second kappa shape index (κ2) is 8.50. The number of hydrogen-bond donors (Lipinski definition) is 2. The first kappa shape index (κ1) is 19.2. The van der Waals surface area contributed by atoms with Crippen LogP contribution in [-0.4, -0.2) is 78.8 Å². The van der Waals surface area contributed by atoms with Crippen molar-refractivity contribution in [3.63, 3.8) is 0 Å². The molecule has 1 aliphatic heterocycles. The van der Waals surface area contributed by atoms with Crippen molar-refractivity contribution in [2.24, 2.45) is 0 Å². The molecule has 12 heteroatoms. The summed E-state index contributed by atoms with van der Waals surface area (Å²) in [6.07, 6.45) is 2.04. The van der Waals surface area contributed by atoms with Gasteiger partial charge in [0.05, 0.1) is 11.6 Å². The SMILES string of the molecule is N#Cc1ccc(CN2CCN(C(=O)n3ccc(NC=O)n3)CC2)c(-c2nn[nH]n2)c1. The molecule has 2 aromatic heterocycles. The second-order valence-electron chi connectivity index (χ2n) is 6.67. The smallest absolute Gasteiger partial charge is 0.320 e. The molecule has 4 rings (SSSR count). The lowest BCUT2D eigenvalue weighted by molar-refractivity contribution is -0.105. The minimum absolute atomic E-state index is 0.237. The van der Waals surface area contributed by atoms with Crippen LogP contribution in [0.1, 0.15) is 11.1 Å². The van der Waals surface area contributed by atoms with Gasteiger partial charge in [-0.2, -0.15) is 15.2 Å². The first-order chi connectivity index (χ1) is 14.7. The van der Waals surface area contributed by atoms with E-state index >= 15 is 0 Å². The summed E-state index contributed by atoms with van der Waals surface area (Å²) in [5, 5.41) is 29.8. The van der Waals surface area contributed by atoms with Crippen molar-refractivity contribution in [3.8, 4) is 17.5 Å². The molecule has 1 fully saturated rings. The summed E-state index contributed by atoms with van der Waals surface area (Å²) >= 11 is 0. The predicted octanol–water partition coefficient (Wildman–Crippen LogP) is 0.289. The van der Waals surface area contributed by atoms with E-state index in [1.807, 2.05) is 6.07 Å². The van der Waals surface area contributed by atoms with Gasteiger partial charge in [-0.1, -0.05) is 6.07 Å². The maximum Gasteiger partial charge on any atom is 0.344 e. The van der Waals surface area contributed by atoms with Crippen LogP contribution in [0, 0.1) is 11.3 Å². The molecular weight excluding hydrogens is 388 g/mol. The Labute approximate surface area is 171 Å². The van der Waals surface area contributed by atoms with Gasteiger partial charge in [0, 0.05) is 50.6 Å². The molecule has 1 aromatic carbocycles. The number of hydrogen-bond acceptors (Lipinski definition) is 8. The van der Waals surface area contributed by atoms with Gasteiger partial charge in [-0.05, 0) is 22.9 Å². The Balaban J connectivity index is 1.41. The van der Waals surface area contributed by atoms with Crippen LogP contribution in [0.25, 0.3) is 11.4 Å². The van der Waals surface area contributed by atoms with Gasteiger partial charge >= 0.3 is 6.03 Å². The maximum atomic E-state index is 12.6. The fraction of sp³-hybridized carbons (Fsp3) is 0.278. The standard InChI is InChI=1S/C18H18N10O2/c19-10-13-1-2-14(15(9-13)17-21-24-25-22-17)11-26-5-7-27(8-6-26)18(30)28-4-3-16(23-28)20-12-29/h1-4,9,12H,5-8,11H2,(H,20,23,29)(H,21,22,24,25). The van der Waals surface area contributed by atoms with E-state index in [2.05, 4.69) is 42.0 Å². The van der Waals surface area contributed by atoms with E-state index in [1.54, 1.807) is 23.1 Å². The molecule has 3 aromatic rings. The third-order valence-corrected chi connectivity index (χ3v) is 4.85. The molecule has 152 valence electrons. The van der Waals surface area contributed by atoms with Gasteiger partial charge < -0.3 is 10.2 Å². The number of piperazine rings is 1. The Bertz CT molecular complexity index is 1080. The zero-order chi connectivity index (χ0) is 20.9. The molecule has 0 radical (unpaired) electrons. The van der Waals surface area contributed by atoms with Crippen molar-refractivity contribution in [2.45, 2.75) is 6.54 Å². The fourth-order valence-corrected chi connectivity index (χ4v) is 3.32. The first-order valence-corrected chi connectivity index (χ1v) is 9.22. The van der Waals surface area contributed by atoms with Crippen molar-refractivity contribution in [3.05, 3.63) is 41.6 Å². The van der Waals surface area contributed by atoms with E-state index in [-0.39, 0.29) is 6.03 Å². The summed E-state index contributed by atoms with van der Waals surface area (Å²) in [6.45, 7) is 3.08. The number of tetrazole rings is 1. The molecule has 0 atom stereocenters. The third kappa shape index (κ3) is 4.01. The number of amides is 2. The van der Waals surface area contributed by atoms with Crippen LogP contribution in [0.5, 0.6) is 0 Å². The topological polar surface area (TPSA) is 149 Å². The molecule has 1 aliphatic rings. The maximum absolute atomic E-state index is 12.6. The Morgan fingerprint density at radius 2 is 2.10 bits per heavy atom.